The number of nitrogens with zero attached hydrogens (tertiary/aromatic N) is 1. The quantitative estimate of drug-likeness (QED) is 0.859. The number of nitrogens with one attached hydrogen (secondary N) is 1. The van der Waals surface area contributed by atoms with Crippen molar-refractivity contribution in [2.45, 2.75) is 25.3 Å². The van der Waals surface area contributed by atoms with Crippen LogP contribution in [0.5, 0.6) is 0 Å². The highest BCUT2D eigenvalue weighted by atomic mass is 16.3. The molecular formula is C20H24N2O2. The monoisotopic (exact) mass is 324 g/mol. The molecule has 0 unspecified atom stereocenters. The molecule has 24 heavy (non-hydrogen) atoms. The molecule has 0 bridgehead atoms. The van der Waals surface area contributed by atoms with Crippen molar-refractivity contribution in [3.8, 4) is 0 Å². The van der Waals surface area contributed by atoms with E-state index in [0.29, 0.717) is 6.54 Å². The van der Waals surface area contributed by atoms with Crippen molar-refractivity contribution in [3.05, 3.63) is 65.7 Å². The molecule has 3 rings (SSSR count). The van der Waals surface area contributed by atoms with Crippen molar-refractivity contribution >= 4 is 11.6 Å². The van der Waals surface area contributed by atoms with Gasteiger partial charge in [-0.1, -0.05) is 48.5 Å². The van der Waals surface area contributed by atoms with Gasteiger partial charge >= 0.3 is 0 Å². The predicted octanol–water partition coefficient (Wildman–Crippen LogP) is 2.67. The summed E-state index contributed by atoms with van der Waals surface area (Å²) in [6.45, 7) is 1.34. The number of hydrogen-bond acceptors (Lipinski definition) is 3. The van der Waals surface area contributed by atoms with Gasteiger partial charge in [0, 0.05) is 11.7 Å². The Morgan fingerprint density at radius 3 is 2.67 bits per heavy atom. The van der Waals surface area contributed by atoms with Crippen molar-refractivity contribution in [2.75, 3.05) is 25.0 Å². The van der Waals surface area contributed by atoms with Crippen LogP contribution < -0.4 is 5.32 Å². The summed E-state index contributed by atoms with van der Waals surface area (Å²) in [4.78, 5) is 14.5. The van der Waals surface area contributed by atoms with Crippen LogP contribution in [0.3, 0.4) is 0 Å². The summed E-state index contributed by atoms with van der Waals surface area (Å²) in [5, 5.41) is 12.4. The molecule has 1 heterocycles. The first-order chi connectivity index (χ1) is 11.8. The Kier molecular flexibility index (Phi) is 5.62. The Hall–Kier alpha value is -2.17. The fourth-order valence-corrected chi connectivity index (χ4v) is 3.30. The number of rotatable bonds is 6. The van der Waals surface area contributed by atoms with Gasteiger partial charge in [-0.05, 0) is 43.0 Å². The van der Waals surface area contributed by atoms with Crippen molar-refractivity contribution in [1.29, 1.82) is 0 Å². The zero-order chi connectivity index (χ0) is 16.8. The highest BCUT2D eigenvalue weighted by Gasteiger charge is 2.25. The third kappa shape index (κ3) is 4.22. The maximum atomic E-state index is 12.4. The Balaban J connectivity index is 1.65. The lowest BCUT2D eigenvalue weighted by molar-refractivity contribution is -0.117. The minimum atomic E-state index is -0.0177. The van der Waals surface area contributed by atoms with Crippen molar-refractivity contribution in [3.63, 3.8) is 0 Å². The number of anilines is 1. The maximum Gasteiger partial charge on any atom is 0.238 e. The van der Waals surface area contributed by atoms with Gasteiger partial charge in [-0.25, -0.2) is 0 Å². The van der Waals surface area contributed by atoms with Gasteiger partial charge in [0.1, 0.15) is 0 Å². The second-order valence-electron chi connectivity index (χ2n) is 6.32. The number of carbonyl (C=O) groups is 1. The largest absolute Gasteiger partial charge is 0.395 e. The number of aliphatic hydroxyl groups excluding tert-OH is 1. The van der Waals surface area contributed by atoms with Gasteiger partial charge < -0.3 is 10.4 Å². The Bertz CT molecular complexity index is 672. The number of hydrogen-bond donors (Lipinski definition) is 2. The summed E-state index contributed by atoms with van der Waals surface area (Å²) in [5.74, 6) is -0.0177. The average Bonchev–Trinajstić information content (AvgIpc) is 3.04. The molecule has 0 spiro atoms. The molecule has 1 atom stereocenters. The van der Waals surface area contributed by atoms with Crippen LogP contribution in [0.15, 0.2) is 54.6 Å². The van der Waals surface area contributed by atoms with Crippen LogP contribution in [-0.4, -0.2) is 41.7 Å². The summed E-state index contributed by atoms with van der Waals surface area (Å²) in [6.07, 6.45) is 2.80. The molecule has 4 nitrogen and oxygen atoms in total. The van der Waals surface area contributed by atoms with Crippen LogP contribution >= 0.6 is 0 Å². The van der Waals surface area contributed by atoms with Crippen LogP contribution in [0.25, 0.3) is 0 Å². The third-order valence-corrected chi connectivity index (χ3v) is 4.59. The first-order valence-corrected chi connectivity index (χ1v) is 8.53. The zero-order valence-corrected chi connectivity index (χ0v) is 13.8. The second kappa shape index (κ2) is 8.08. The number of para-hydroxylation sites is 1. The van der Waals surface area contributed by atoms with Gasteiger partial charge in [0.2, 0.25) is 5.91 Å². The zero-order valence-electron chi connectivity index (χ0n) is 13.8. The molecule has 2 aromatic carbocycles. The van der Waals surface area contributed by atoms with Crippen LogP contribution in [0.1, 0.15) is 24.0 Å². The van der Waals surface area contributed by atoms with Gasteiger partial charge in [-0.2, -0.15) is 0 Å². The molecular weight excluding hydrogens is 300 g/mol. The highest BCUT2D eigenvalue weighted by Crippen LogP contribution is 2.20. The first kappa shape index (κ1) is 16.7. The number of aliphatic hydroxyl groups is 1. The lowest BCUT2D eigenvalue weighted by Gasteiger charge is -2.22. The summed E-state index contributed by atoms with van der Waals surface area (Å²) < 4.78 is 0. The molecule has 126 valence electrons. The van der Waals surface area contributed by atoms with Crippen molar-refractivity contribution < 1.29 is 9.90 Å². The number of carbonyl (C=O) groups excluding carboxylic acids is 1. The fourth-order valence-electron chi connectivity index (χ4n) is 3.30. The van der Waals surface area contributed by atoms with E-state index in [1.165, 1.54) is 5.56 Å². The highest BCUT2D eigenvalue weighted by molar-refractivity contribution is 5.93. The molecule has 1 aliphatic rings. The average molecular weight is 324 g/mol. The molecule has 2 aromatic rings. The number of amides is 1. The van der Waals surface area contributed by atoms with Crippen LogP contribution in [-0.2, 0) is 11.2 Å². The maximum absolute atomic E-state index is 12.4. The summed E-state index contributed by atoms with van der Waals surface area (Å²) in [7, 11) is 0. The van der Waals surface area contributed by atoms with E-state index >= 15 is 0 Å². The van der Waals surface area contributed by atoms with E-state index in [-0.39, 0.29) is 18.6 Å². The van der Waals surface area contributed by atoms with E-state index in [4.69, 9.17) is 0 Å². The van der Waals surface area contributed by atoms with Crippen molar-refractivity contribution in [1.82, 2.24) is 4.90 Å². The lowest BCUT2D eigenvalue weighted by Crippen LogP contribution is -2.38. The van der Waals surface area contributed by atoms with E-state index in [9.17, 15) is 9.90 Å². The first-order valence-electron chi connectivity index (χ1n) is 8.53. The molecule has 0 radical (unpaired) electrons. The van der Waals surface area contributed by atoms with E-state index in [2.05, 4.69) is 28.4 Å². The van der Waals surface area contributed by atoms with Crippen molar-refractivity contribution in [2.24, 2.45) is 0 Å². The van der Waals surface area contributed by atoms with Gasteiger partial charge in [0.25, 0.3) is 0 Å². The van der Waals surface area contributed by atoms with Crippen LogP contribution in [0, 0.1) is 0 Å². The number of likely N-dealkylation sites (tertiary alicyclic amines) is 1. The Morgan fingerprint density at radius 2 is 1.88 bits per heavy atom. The summed E-state index contributed by atoms with van der Waals surface area (Å²) in [6, 6.07) is 18.3. The van der Waals surface area contributed by atoms with Crippen LogP contribution in [0.2, 0.25) is 0 Å². The summed E-state index contributed by atoms with van der Waals surface area (Å²) >= 11 is 0. The normalized spacial score (nSPS) is 17.8. The molecule has 1 fully saturated rings. The van der Waals surface area contributed by atoms with Gasteiger partial charge in [-0.3, -0.25) is 9.69 Å². The lowest BCUT2D eigenvalue weighted by atomic mass is 10.0. The third-order valence-electron chi connectivity index (χ3n) is 4.59. The molecule has 1 amide bonds. The van der Waals surface area contributed by atoms with Gasteiger partial charge in [0.05, 0.1) is 13.2 Å². The van der Waals surface area contributed by atoms with E-state index in [1.807, 2.05) is 36.4 Å². The molecule has 1 saturated heterocycles. The number of benzene rings is 2. The summed E-state index contributed by atoms with van der Waals surface area (Å²) in [5.41, 5.74) is 3.20. The molecule has 2 N–H and O–H groups in total. The fraction of sp³-hybridized carbons (Fsp3) is 0.350. The molecule has 0 aliphatic carbocycles. The standard InChI is InChI=1S/C20H24N2O2/c23-15-18-10-6-12-22(18)14-20(24)21-19-11-5-4-9-17(19)13-16-7-2-1-3-8-16/h1-5,7-9,11,18,23H,6,10,12-15H2,(H,21,24)/t18-/m1/s1. The predicted molar refractivity (Wildman–Crippen MR) is 96.0 cm³/mol. The molecule has 0 saturated carbocycles. The van der Waals surface area contributed by atoms with Gasteiger partial charge in [0.15, 0.2) is 0 Å². The topological polar surface area (TPSA) is 52.6 Å². The Labute approximate surface area is 143 Å². The minimum absolute atomic E-state index is 0.0177. The van der Waals surface area contributed by atoms with E-state index in [0.717, 1.165) is 37.1 Å². The SMILES string of the molecule is O=C(CN1CCC[C@@H]1CO)Nc1ccccc1Cc1ccccc1. The van der Waals surface area contributed by atoms with E-state index < -0.39 is 0 Å². The smallest absolute Gasteiger partial charge is 0.238 e. The van der Waals surface area contributed by atoms with Gasteiger partial charge in [-0.15, -0.1) is 0 Å². The van der Waals surface area contributed by atoms with Crippen LogP contribution in [0.4, 0.5) is 5.69 Å². The van der Waals surface area contributed by atoms with E-state index in [1.54, 1.807) is 0 Å². The Morgan fingerprint density at radius 1 is 1.12 bits per heavy atom. The molecule has 0 aromatic heterocycles. The minimum Gasteiger partial charge on any atom is -0.395 e. The second-order valence-corrected chi connectivity index (χ2v) is 6.32. The molecule has 4 heteroatoms. The molecule has 1 aliphatic heterocycles.